The zero-order valence-corrected chi connectivity index (χ0v) is 13.6. The molecule has 3 nitrogen and oxygen atoms in total. The van der Waals surface area contributed by atoms with Gasteiger partial charge in [0.05, 0.1) is 5.56 Å². The van der Waals surface area contributed by atoms with Crippen molar-refractivity contribution < 1.29 is 13.2 Å². The van der Waals surface area contributed by atoms with Gasteiger partial charge in [0.15, 0.2) is 0 Å². The molecule has 1 aromatic heterocycles. The van der Waals surface area contributed by atoms with E-state index in [1.54, 1.807) is 6.07 Å². The normalized spacial score (nSPS) is 11.9. The van der Waals surface area contributed by atoms with Gasteiger partial charge in [0.25, 0.3) is 0 Å². The van der Waals surface area contributed by atoms with Gasteiger partial charge in [-0.2, -0.15) is 13.2 Å². The molecule has 0 aliphatic heterocycles. The van der Waals surface area contributed by atoms with Crippen LogP contribution in [0.15, 0.2) is 22.7 Å². The molecule has 2 aromatic rings. The molecule has 1 aromatic carbocycles. The lowest BCUT2D eigenvalue weighted by Gasteiger charge is -2.11. The number of halogens is 4. The predicted octanol–water partition coefficient (Wildman–Crippen LogP) is 4.14. The molecule has 0 aliphatic carbocycles. The molecule has 0 fully saturated rings. The van der Waals surface area contributed by atoms with Gasteiger partial charge in [-0.05, 0) is 18.7 Å². The Balaban J connectivity index is 2.30. The Morgan fingerprint density at radius 2 is 2.05 bits per heavy atom. The fourth-order valence-electron chi connectivity index (χ4n) is 1.77. The molecule has 0 unspecified atom stereocenters. The summed E-state index contributed by atoms with van der Waals surface area (Å²) in [7, 11) is 0. The van der Waals surface area contributed by atoms with E-state index in [0.717, 1.165) is 24.2 Å². The summed E-state index contributed by atoms with van der Waals surface area (Å²) in [6, 6.07) is 4.06. The third kappa shape index (κ3) is 4.24. The van der Waals surface area contributed by atoms with Crippen LogP contribution in [0.4, 0.5) is 13.2 Å². The van der Waals surface area contributed by atoms with Crippen LogP contribution in [0.1, 0.15) is 17.5 Å². The van der Waals surface area contributed by atoms with Crippen LogP contribution in [0.25, 0.3) is 10.6 Å². The van der Waals surface area contributed by atoms with Crippen molar-refractivity contribution in [1.82, 2.24) is 15.5 Å². The Hall–Kier alpha value is -0.990. The summed E-state index contributed by atoms with van der Waals surface area (Å²) in [5.41, 5.74) is -0.635. The molecule has 0 radical (unpaired) electrons. The first-order chi connectivity index (χ1) is 9.91. The predicted molar refractivity (Wildman–Crippen MR) is 80.3 cm³/mol. The summed E-state index contributed by atoms with van der Waals surface area (Å²) in [6.45, 7) is 3.57. The van der Waals surface area contributed by atoms with Crippen LogP contribution >= 0.6 is 27.3 Å². The standard InChI is InChI=1S/C13H13BrF3N3S/c1-2-18-6-5-11-19-20-12(21-11)9-4-3-8(14)7-10(9)13(15,16)17/h3-4,7,18H,2,5-6H2,1H3. The molecule has 21 heavy (non-hydrogen) atoms. The fraction of sp³-hybridized carbons (Fsp3) is 0.385. The Bertz CT molecular complexity index is 613. The minimum Gasteiger partial charge on any atom is -0.317 e. The van der Waals surface area contributed by atoms with Gasteiger partial charge in [-0.25, -0.2) is 0 Å². The van der Waals surface area contributed by atoms with Crippen LogP contribution in [0.5, 0.6) is 0 Å². The molecule has 8 heteroatoms. The Labute approximate surface area is 132 Å². The minimum absolute atomic E-state index is 0.0675. The summed E-state index contributed by atoms with van der Waals surface area (Å²) in [6.07, 6.45) is -3.77. The fourth-order valence-corrected chi connectivity index (χ4v) is 3.01. The second-order valence-electron chi connectivity index (χ2n) is 4.29. The maximum Gasteiger partial charge on any atom is 0.417 e. The number of benzene rings is 1. The lowest BCUT2D eigenvalue weighted by Crippen LogP contribution is -2.15. The van der Waals surface area contributed by atoms with E-state index in [2.05, 4.69) is 31.4 Å². The zero-order valence-electron chi connectivity index (χ0n) is 11.2. The summed E-state index contributed by atoms with van der Waals surface area (Å²) < 4.78 is 39.7. The van der Waals surface area contributed by atoms with Crippen molar-refractivity contribution in [2.75, 3.05) is 13.1 Å². The van der Waals surface area contributed by atoms with Crippen molar-refractivity contribution in [1.29, 1.82) is 0 Å². The molecular weight excluding hydrogens is 367 g/mol. The maximum absolute atomic E-state index is 13.1. The van der Waals surface area contributed by atoms with E-state index in [-0.39, 0.29) is 5.56 Å². The first-order valence-corrected chi connectivity index (χ1v) is 7.93. The van der Waals surface area contributed by atoms with Crippen molar-refractivity contribution in [2.24, 2.45) is 0 Å². The topological polar surface area (TPSA) is 37.8 Å². The third-order valence-corrected chi connectivity index (χ3v) is 4.26. The average molecular weight is 380 g/mol. The number of alkyl halides is 3. The number of hydrogen-bond donors (Lipinski definition) is 1. The largest absolute Gasteiger partial charge is 0.417 e. The van der Waals surface area contributed by atoms with Gasteiger partial charge in [-0.1, -0.05) is 40.3 Å². The van der Waals surface area contributed by atoms with E-state index in [4.69, 9.17) is 0 Å². The summed E-state index contributed by atoms with van der Waals surface area (Å²) in [5, 5.41) is 12.0. The molecule has 0 atom stereocenters. The van der Waals surface area contributed by atoms with E-state index in [9.17, 15) is 13.2 Å². The molecular formula is C13H13BrF3N3S. The van der Waals surface area contributed by atoms with E-state index in [0.29, 0.717) is 15.9 Å². The number of aromatic nitrogens is 2. The van der Waals surface area contributed by atoms with Crippen molar-refractivity contribution >= 4 is 27.3 Å². The highest BCUT2D eigenvalue weighted by molar-refractivity contribution is 9.10. The zero-order chi connectivity index (χ0) is 15.5. The van der Waals surface area contributed by atoms with Gasteiger partial charge in [0, 0.05) is 23.0 Å². The summed E-state index contributed by atoms with van der Waals surface area (Å²) in [4.78, 5) is 0. The van der Waals surface area contributed by atoms with Gasteiger partial charge in [-0.3, -0.25) is 0 Å². The maximum atomic E-state index is 13.1. The molecule has 1 heterocycles. The smallest absolute Gasteiger partial charge is 0.317 e. The number of hydrogen-bond acceptors (Lipinski definition) is 4. The highest BCUT2D eigenvalue weighted by Crippen LogP contribution is 2.39. The molecule has 2 rings (SSSR count). The van der Waals surface area contributed by atoms with E-state index in [1.165, 1.54) is 17.4 Å². The molecule has 0 spiro atoms. The second kappa shape index (κ2) is 6.85. The second-order valence-corrected chi connectivity index (χ2v) is 6.27. The molecule has 114 valence electrons. The molecule has 0 saturated carbocycles. The van der Waals surface area contributed by atoms with Gasteiger partial charge < -0.3 is 5.32 Å². The Kier molecular flexibility index (Phi) is 5.34. The van der Waals surface area contributed by atoms with Crippen LogP contribution in [0.3, 0.4) is 0 Å². The quantitative estimate of drug-likeness (QED) is 0.793. The monoisotopic (exact) mass is 379 g/mol. The number of rotatable bonds is 5. The Morgan fingerprint density at radius 1 is 1.29 bits per heavy atom. The van der Waals surface area contributed by atoms with Crippen molar-refractivity contribution in [2.45, 2.75) is 19.5 Å². The average Bonchev–Trinajstić information content (AvgIpc) is 2.87. The molecule has 0 aliphatic rings. The lowest BCUT2D eigenvalue weighted by atomic mass is 10.1. The highest BCUT2D eigenvalue weighted by Gasteiger charge is 2.34. The lowest BCUT2D eigenvalue weighted by molar-refractivity contribution is -0.137. The van der Waals surface area contributed by atoms with Crippen LogP contribution < -0.4 is 5.32 Å². The first-order valence-electron chi connectivity index (χ1n) is 6.32. The molecule has 1 N–H and O–H groups in total. The van der Waals surface area contributed by atoms with Crippen LogP contribution in [0.2, 0.25) is 0 Å². The van der Waals surface area contributed by atoms with E-state index < -0.39 is 11.7 Å². The highest BCUT2D eigenvalue weighted by atomic mass is 79.9. The summed E-state index contributed by atoms with van der Waals surface area (Å²) >= 11 is 4.26. The van der Waals surface area contributed by atoms with Crippen LogP contribution in [0, 0.1) is 0 Å². The minimum atomic E-state index is -4.42. The SMILES string of the molecule is CCNCCc1nnc(-c2ccc(Br)cc2C(F)(F)F)s1. The van der Waals surface area contributed by atoms with Crippen molar-refractivity contribution in [3.05, 3.63) is 33.2 Å². The number of likely N-dealkylation sites (N-methyl/N-ethyl adjacent to an activating group) is 1. The summed E-state index contributed by atoms with van der Waals surface area (Å²) in [5.74, 6) is 0. The first kappa shape index (κ1) is 16.4. The molecule has 0 bridgehead atoms. The molecule has 0 amide bonds. The van der Waals surface area contributed by atoms with Crippen LogP contribution in [-0.4, -0.2) is 23.3 Å². The van der Waals surface area contributed by atoms with E-state index >= 15 is 0 Å². The van der Waals surface area contributed by atoms with Gasteiger partial charge >= 0.3 is 6.18 Å². The Morgan fingerprint density at radius 3 is 2.71 bits per heavy atom. The van der Waals surface area contributed by atoms with Crippen molar-refractivity contribution in [3.8, 4) is 10.6 Å². The molecule has 0 saturated heterocycles. The van der Waals surface area contributed by atoms with Gasteiger partial charge in [0.2, 0.25) is 0 Å². The van der Waals surface area contributed by atoms with Gasteiger partial charge in [-0.15, -0.1) is 10.2 Å². The van der Waals surface area contributed by atoms with Crippen LogP contribution in [-0.2, 0) is 12.6 Å². The van der Waals surface area contributed by atoms with Crippen molar-refractivity contribution in [3.63, 3.8) is 0 Å². The van der Waals surface area contributed by atoms with E-state index in [1.807, 2.05) is 6.92 Å². The third-order valence-electron chi connectivity index (χ3n) is 2.75. The number of nitrogens with one attached hydrogen (secondary N) is 1. The van der Waals surface area contributed by atoms with Gasteiger partial charge in [0.1, 0.15) is 10.0 Å². The number of nitrogens with zero attached hydrogens (tertiary/aromatic N) is 2.